The van der Waals surface area contributed by atoms with Crippen LogP contribution in [0.25, 0.3) is 0 Å². The first-order valence-electron chi connectivity index (χ1n) is 7.39. The smallest absolute Gasteiger partial charge is 0.255 e. The largest absolute Gasteiger partial charge is 0.497 e. The van der Waals surface area contributed by atoms with Gasteiger partial charge in [-0.3, -0.25) is 4.79 Å². The summed E-state index contributed by atoms with van der Waals surface area (Å²) in [6.45, 7) is 4.11. The Morgan fingerprint density at radius 3 is 2.62 bits per heavy atom. The molecule has 21 heavy (non-hydrogen) atoms. The number of hydrogen-bond donors (Lipinski definition) is 2. The molecule has 2 N–H and O–H groups in total. The fourth-order valence-electron chi connectivity index (χ4n) is 2.74. The molecule has 0 aliphatic carbocycles. The Morgan fingerprint density at radius 2 is 2.00 bits per heavy atom. The molecule has 1 aromatic rings. The number of nitrogens with one attached hydrogen (secondary N) is 2. The van der Waals surface area contributed by atoms with Crippen LogP contribution < -0.4 is 20.1 Å². The van der Waals surface area contributed by atoms with Crippen molar-refractivity contribution in [2.75, 3.05) is 27.3 Å². The highest BCUT2D eigenvalue weighted by atomic mass is 16.5. The zero-order chi connectivity index (χ0) is 15.2. The second-order valence-corrected chi connectivity index (χ2v) is 5.42. The zero-order valence-electron chi connectivity index (χ0n) is 12.9. The monoisotopic (exact) mass is 292 g/mol. The summed E-state index contributed by atoms with van der Waals surface area (Å²) in [7, 11) is 3.15. The lowest BCUT2D eigenvalue weighted by Crippen LogP contribution is -2.42. The Balaban J connectivity index is 2.08. The molecule has 1 fully saturated rings. The molecule has 0 aromatic heterocycles. The molecule has 1 unspecified atom stereocenters. The van der Waals surface area contributed by atoms with E-state index in [1.807, 2.05) is 0 Å². The average Bonchev–Trinajstić information content (AvgIpc) is 2.54. The van der Waals surface area contributed by atoms with E-state index in [0.29, 0.717) is 23.0 Å². The normalized spacial score (nSPS) is 17.1. The van der Waals surface area contributed by atoms with E-state index in [-0.39, 0.29) is 11.9 Å². The second-order valence-electron chi connectivity index (χ2n) is 5.42. The predicted octanol–water partition coefficient (Wildman–Crippen LogP) is 1.82. The highest BCUT2D eigenvalue weighted by Crippen LogP contribution is 2.24. The third kappa shape index (κ3) is 3.88. The summed E-state index contributed by atoms with van der Waals surface area (Å²) in [5.41, 5.74) is 0.512. The highest BCUT2D eigenvalue weighted by molar-refractivity contribution is 5.97. The predicted molar refractivity (Wildman–Crippen MR) is 82.1 cm³/mol. The van der Waals surface area contributed by atoms with Gasteiger partial charge in [0.25, 0.3) is 5.91 Å². The lowest BCUT2D eigenvalue weighted by atomic mass is 9.91. The molecule has 1 atom stereocenters. The molecule has 0 bridgehead atoms. The number of benzene rings is 1. The molecular formula is C16H24N2O3. The molecule has 1 saturated heterocycles. The van der Waals surface area contributed by atoms with Gasteiger partial charge in [-0.15, -0.1) is 0 Å². The summed E-state index contributed by atoms with van der Waals surface area (Å²) in [6.07, 6.45) is 2.19. The van der Waals surface area contributed by atoms with Crippen molar-refractivity contribution in [2.24, 2.45) is 5.92 Å². The van der Waals surface area contributed by atoms with Gasteiger partial charge in [0.1, 0.15) is 11.5 Å². The fraction of sp³-hybridized carbons (Fsp3) is 0.562. The van der Waals surface area contributed by atoms with Gasteiger partial charge in [0.2, 0.25) is 0 Å². The van der Waals surface area contributed by atoms with Crippen molar-refractivity contribution in [1.29, 1.82) is 0 Å². The summed E-state index contributed by atoms with van der Waals surface area (Å²) in [4.78, 5) is 12.5. The van der Waals surface area contributed by atoms with Crippen molar-refractivity contribution in [1.82, 2.24) is 10.6 Å². The molecule has 1 aliphatic heterocycles. The minimum Gasteiger partial charge on any atom is -0.497 e. The summed E-state index contributed by atoms with van der Waals surface area (Å²) in [5.74, 6) is 1.62. The third-order valence-electron chi connectivity index (χ3n) is 4.10. The number of carbonyl (C=O) groups is 1. The first kappa shape index (κ1) is 15.6. The van der Waals surface area contributed by atoms with Gasteiger partial charge < -0.3 is 20.1 Å². The molecule has 0 saturated carbocycles. The Hall–Kier alpha value is -1.75. The Kier molecular flexibility index (Phi) is 5.44. The standard InChI is InChI=1S/C16H24N2O3/c1-11(12-6-8-17-9-7-12)18-16(19)14-10-13(20-2)4-5-15(14)21-3/h4-5,10-12,17H,6-9H2,1-3H3,(H,18,19). The molecule has 0 radical (unpaired) electrons. The second kappa shape index (κ2) is 7.31. The van der Waals surface area contributed by atoms with Crippen LogP contribution in [-0.2, 0) is 0 Å². The van der Waals surface area contributed by atoms with Crippen molar-refractivity contribution in [3.8, 4) is 11.5 Å². The van der Waals surface area contributed by atoms with E-state index in [9.17, 15) is 4.79 Å². The van der Waals surface area contributed by atoms with Gasteiger partial charge in [-0.05, 0) is 57.0 Å². The minimum absolute atomic E-state index is 0.114. The zero-order valence-corrected chi connectivity index (χ0v) is 12.9. The summed E-state index contributed by atoms with van der Waals surface area (Å²) >= 11 is 0. The number of amides is 1. The van der Waals surface area contributed by atoms with E-state index in [2.05, 4.69) is 17.6 Å². The van der Waals surface area contributed by atoms with Crippen LogP contribution >= 0.6 is 0 Å². The number of rotatable bonds is 5. The molecule has 1 aliphatic rings. The lowest BCUT2D eigenvalue weighted by Gasteiger charge is -2.29. The van der Waals surface area contributed by atoms with Crippen molar-refractivity contribution < 1.29 is 14.3 Å². The molecule has 1 heterocycles. The first-order valence-corrected chi connectivity index (χ1v) is 7.39. The van der Waals surface area contributed by atoms with E-state index in [4.69, 9.17) is 9.47 Å². The SMILES string of the molecule is COc1ccc(OC)c(C(=O)NC(C)C2CCNCC2)c1. The number of ether oxygens (including phenoxy) is 2. The van der Waals surface area contributed by atoms with Crippen LogP contribution in [0.1, 0.15) is 30.1 Å². The Morgan fingerprint density at radius 1 is 1.29 bits per heavy atom. The topological polar surface area (TPSA) is 59.6 Å². The van der Waals surface area contributed by atoms with Gasteiger partial charge in [0, 0.05) is 6.04 Å². The lowest BCUT2D eigenvalue weighted by molar-refractivity contribution is 0.0917. The minimum atomic E-state index is -0.114. The molecule has 116 valence electrons. The van der Waals surface area contributed by atoms with E-state index in [0.717, 1.165) is 25.9 Å². The van der Waals surface area contributed by atoms with Crippen molar-refractivity contribution >= 4 is 5.91 Å². The van der Waals surface area contributed by atoms with Gasteiger partial charge in [-0.1, -0.05) is 0 Å². The maximum Gasteiger partial charge on any atom is 0.255 e. The molecule has 1 amide bonds. The van der Waals surface area contributed by atoms with E-state index >= 15 is 0 Å². The van der Waals surface area contributed by atoms with Crippen LogP contribution in [0.3, 0.4) is 0 Å². The number of hydrogen-bond acceptors (Lipinski definition) is 4. The Bertz CT molecular complexity index is 484. The summed E-state index contributed by atoms with van der Waals surface area (Å²) < 4.78 is 10.4. The van der Waals surface area contributed by atoms with Gasteiger partial charge >= 0.3 is 0 Å². The van der Waals surface area contributed by atoms with E-state index < -0.39 is 0 Å². The van der Waals surface area contributed by atoms with Crippen LogP contribution in [-0.4, -0.2) is 39.3 Å². The maximum atomic E-state index is 12.5. The van der Waals surface area contributed by atoms with Gasteiger partial charge in [-0.2, -0.15) is 0 Å². The molecule has 5 heteroatoms. The molecular weight excluding hydrogens is 268 g/mol. The van der Waals surface area contributed by atoms with Crippen LogP contribution in [0.15, 0.2) is 18.2 Å². The molecule has 1 aromatic carbocycles. The third-order valence-corrected chi connectivity index (χ3v) is 4.10. The van der Waals surface area contributed by atoms with E-state index in [1.165, 1.54) is 0 Å². The van der Waals surface area contributed by atoms with Gasteiger partial charge in [0.05, 0.1) is 19.8 Å². The Labute approximate surface area is 126 Å². The van der Waals surface area contributed by atoms with Crippen LogP contribution in [0.2, 0.25) is 0 Å². The van der Waals surface area contributed by atoms with Crippen LogP contribution in [0.5, 0.6) is 11.5 Å². The number of carbonyl (C=O) groups excluding carboxylic acids is 1. The maximum absolute atomic E-state index is 12.5. The van der Waals surface area contributed by atoms with Crippen LogP contribution in [0, 0.1) is 5.92 Å². The fourth-order valence-corrected chi connectivity index (χ4v) is 2.74. The van der Waals surface area contributed by atoms with Crippen LogP contribution in [0.4, 0.5) is 0 Å². The van der Waals surface area contributed by atoms with Crippen molar-refractivity contribution in [2.45, 2.75) is 25.8 Å². The molecule has 0 spiro atoms. The first-order chi connectivity index (χ1) is 10.2. The molecule has 2 rings (SSSR count). The van der Waals surface area contributed by atoms with E-state index in [1.54, 1.807) is 32.4 Å². The number of piperidine rings is 1. The van der Waals surface area contributed by atoms with Crippen molar-refractivity contribution in [3.63, 3.8) is 0 Å². The van der Waals surface area contributed by atoms with Gasteiger partial charge in [0.15, 0.2) is 0 Å². The summed E-state index contributed by atoms with van der Waals surface area (Å²) in [6, 6.07) is 5.40. The average molecular weight is 292 g/mol. The quantitative estimate of drug-likeness (QED) is 0.869. The van der Waals surface area contributed by atoms with Crippen molar-refractivity contribution in [3.05, 3.63) is 23.8 Å². The summed E-state index contributed by atoms with van der Waals surface area (Å²) in [5, 5.41) is 6.43. The molecule has 5 nitrogen and oxygen atoms in total. The van der Waals surface area contributed by atoms with Gasteiger partial charge in [-0.25, -0.2) is 0 Å². The number of methoxy groups -OCH3 is 2. The highest BCUT2D eigenvalue weighted by Gasteiger charge is 2.23.